The van der Waals surface area contributed by atoms with Gasteiger partial charge in [-0.2, -0.15) is 0 Å². The van der Waals surface area contributed by atoms with Crippen LogP contribution in [-0.4, -0.2) is 4.92 Å². The highest BCUT2D eigenvalue weighted by atomic mass is 16.6. The van der Waals surface area contributed by atoms with Gasteiger partial charge in [0, 0.05) is 11.8 Å². The van der Waals surface area contributed by atoms with E-state index in [9.17, 15) is 10.1 Å². The van der Waals surface area contributed by atoms with E-state index in [4.69, 9.17) is 5.73 Å². The van der Waals surface area contributed by atoms with Gasteiger partial charge in [-0.1, -0.05) is 26.8 Å². The van der Waals surface area contributed by atoms with E-state index in [1.54, 1.807) is 12.1 Å². The third-order valence-electron chi connectivity index (χ3n) is 2.02. The molecular weight excluding hydrogens is 180 g/mol. The predicted octanol–water partition coefficient (Wildman–Crippen LogP) is 2.47. The first-order chi connectivity index (χ1) is 6.34. The average molecular weight is 194 g/mol. The Morgan fingerprint density at radius 2 is 1.93 bits per heavy atom. The summed E-state index contributed by atoms with van der Waals surface area (Å²) in [4.78, 5) is 10.4. The van der Waals surface area contributed by atoms with Gasteiger partial charge in [0.1, 0.15) is 0 Å². The lowest BCUT2D eigenvalue weighted by molar-refractivity contribution is -0.385. The first kappa shape index (κ1) is 10.5. The zero-order chi connectivity index (χ0) is 10.9. The Bertz CT molecular complexity index is 367. The molecule has 1 aromatic rings. The lowest BCUT2D eigenvalue weighted by Crippen LogP contribution is -2.16. The molecule has 0 saturated heterocycles. The minimum atomic E-state index is -0.392. The van der Waals surface area contributed by atoms with Crippen molar-refractivity contribution in [2.75, 3.05) is 5.73 Å². The van der Waals surface area contributed by atoms with Crippen molar-refractivity contribution >= 4 is 11.4 Å². The summed E-state index contributed by atoms with van der Waals surface area (Å²) in [5, 5.41) is 10.8. The molecule has 0 atom stereocenters. The van der Waals surface area contributed by atoms with Gasteiger partial charge < -0.3 is 5.73 Å². The van der Waals surface area contributed by atoms with Crippen LogP contribution in [0.4, 0.5) is 11.4 Å². The number of rotatable bonds is 1. The number of hydrogen-bond donors (Lipinski definition) is 1. The van der Waals surface area contributed by atoms with E-state index in [1.165, 1.54) is 6.07 Å². The summed E-state index contributed by atoms with van der Waals surface area (Å²) in [6, 6.07) is 4.77. The lowest BCUT2D eigenvalue weighted by Gasteiger charge is -2.20. The highest BCUT2D eigenvalue weighted by molar-refractivity contribution is 5.60. The van der Waals surface area contributed by atoms with E-state index in [1.807, 2.05) is 20.8 Å². The number of nitrogens with two attached hydrogens (primary N) is 1. The Kier molecular flexibility index (Phi) is 2.47. The number of anilines is 1. The predicted molar refractivity (Wildman–Crippen MR) is 56.2 cm³/mol. The van der Waals surface area contributed by atoms with Crippen molar-refractivity contribution in [3.05, 3.63) is 33.9 Å². The van der Waals surface area contributed by atoms with Crippen molar-refractivity contribution in [3.63, 3.8) is 0 Å². The number of benzene rings is 1. The molecule has 0 saturated carbocycles. The molecule has 14 heavy (non-hydrogen) atoms. The molecule has 0 aliphatic heterocycles. The molecule has 2 N–H and O–H groups in total. The fourth-order valence-corrected chi connectivity index (χ4v) is 1.53. The molecule has 0 aliphatic carbocycles. The fraction of sp³-hybridized carbons (Fsp3) is 0.400. The number of nitrogens with zero attached hydrogens (tertiary/aromatic N) is 1. The van der Waals surface area contributed by atoms with Crippen molar-refractivity contribution in [1.82, 2.24) is 0 Å². The normalized spacial score (nSPS) is 11.4. The summed E-state index contributed by atoms with van der Waals surface area (Å²) < 4.78 is 0. The number of nitrogen functional groups attached to an aromatic ring is 1. The summed E-state index contributed by atoms with van der Waals surface area (Å²) >= 11 is 0. The largest absolute Gasteiger partial charge is 0.398 e. The highest BCUT2D eigenvalue weighted by Gasteiger charge is 2.26. The molecule has 4 nitrogen and oxygen atoms in total. The monoisotopic (exact) mass is 194 g/mol. The van der Waals surface area contributed by atoms with E-state index in [2.05, 4.69) is 0 Å². The Hall–Kier alpha value is -1.58. The number of nitro groups is 1. The van der Waals surface area contributed by atoms with Crippen molar-refractivity contribution in [2.45, 2.75) is 26.2 Å². The Morgan fingerprint density at radius 3 is 2.29 bits per heavy atom. The lowest BCUT2D eigenvalue weighted by atomic mass is 9.84. The summed E-state index contributed by atoms with van der Waals surface area (Å²) in [5.41, 5.74) is 6.60. The second kappa shape index (κ2) is 3.29. The maximum absolute atomic E-state index is 10.8. The standard InChI is InChI=1S/C10H14N2O2/c1-10(2,3)9-7(11)5-4-6-8(9)12(13)14/h4-6H,11H2,1-3H3. The van der Waals surface area contributed by atoms with E-state index < -0.39 is 4.92 Å². The number of nitro benzene ring substituents is 1. The molecule has 1 rings (SSSR count). The Labute approximate surface area is 82.9 Å². The van der Waals surface area contributed by atoms with Gasteiger partial charge in [0.15, 0.2) is 0 Å². The molecule has 0 bridgehead atoms. The van der Waals surface area contributed by atoms with Crippen molar-refractivity contribution in [3.8, 4) is 0 Å². The molecule has 0 unspecified atom stereocenters. The molecule has 76 valence electrons. The minimum Gasteiger partial charge on any atom is -0.398 e. The third-order valence-corrected chi connectivity index (χ3v) is 2.02. The Balaban J connectivity index is 3.45. The maximum Gasteiger partial charge on any atom is 0.275 e. The minimum absolute atomic E-state index is 0.0949. The molecule has 0 aliphatic rings. The highest BCUT2D eigenvalue weighted by Crippen LogP contribution is 2.35. The van der Waals surface area contributed by atoms with Crippen LogP contribution in [0.25, 0.3) is 0 Å². The Morgan fingerprint density at radius 1 is 1.36 bits per heavy atom. The zero-order valence-electron chi connectivity index (χ0n) is 8.57. The van der Waals surface area contributed by atoms with Crippen LogP contribution in [-0.2, 0) is 5.41 Å². The van der Waals surface area contributed by atoms with Crippen LogP contribution in [0.5, 0.6) is 0 Å². The van der Waals surface area contributed by atoms with Crippen LogP contribution >= 0.6 is 0 Å². The average Bonchev–Trinajstić information content (AvgIpc) is 2.01. The molecular formula is C10H14N2O2. The molecule has 0 spiro atoms. The topological polar surface area (TPSA) is 69.2 Å². The van der Waals surface area contributed by atoms with Gasteiger partial charge in [0.05, 0.1) is 10.5 Å². The van der Waals surface area contributed by atoms with Gasteiger partial charge in [-0.05, 0) is 11.5 Å². The summed E-state index contributed by atoms with van der Waals surface area (Å²) in [7, 11) is 0. The van der Waals surface area contributed by atoms with Crippen LogP contribution in [0.15, 0.2) is 18.2 Å². The molecule has 0 heterocycles. The molecule has 0 radical (unpaired) electrons. The maximum atomic E-state index is 10.8. The summed E-state index contributed by atoms with van der Waals surface area (Å²) in [5.74, 6) is 0. The van der Waals surface area contributed by atoms with Gasteiger partial charge in [-0.25, -0.2) is 0 Å². The van der Waals surface area contributed by atoms with E-state index in [0.717, 1.165) is 0 Å². The molecule has 0 amide bonds. The smallest absolute Gasteiger partial charge is 0.275 e. The van der Waals surface area contributed by atoms with Crippen LogP contribution in [0.2, 0.25) is 0 Å². The van der Waals surface area contributed by atoms with Gasteiger partial charge in [0.2, 0.25) is 0 Å². The van der Waals surface area contributed by atoms with Crippen LogP contribution in [0.1, 0.15) is 26.3 Å². The van der Waals surface area contributed by atoms with Crippen molar-refractivity contribution in [1.29, 1.82) is 0 Å². The zero-order valence-corrected chi connectivity index (χ0v) is 8.57. The van der Waals surface area contributed by atoms with E-state index >= 15 is 0 Å². The van der Waals surface area contributed by atoms with Crippen LogP contribution in [0, 0.1) is 10.1 Å². The summed E-state index contributed by atoms with van der Waals surface area (Å²) in [6.45, 7) is 5.73. The van der Waals surface area contributed by atoms with Gasteiger partial charge in [0.25, 0.3) is 5.69 Å². The second-order valence-electron chi connectivity index (χ2n) is 4.25. The quantitative estimate of drug-likeness (QED) is 0.424. The SMILES string of the molecule is CC(C)(C)c1c(N)cccc1[N+](=O)[O-]. The van der Waals surface area contributed by atoms with Gasteiger partial charge in [-0.15, -0.1) is 0 Å². The summed E-state index contributed by atoms with van der Waals surface area (Å²) in [6.07, 6.45) is 0. The molecule has 4 heteroatoms. The molecule has 1 aromatic carbocycles. The van der Waals surface area contributed by atoms with Crippen molar-refractivity contribution < 1.29 is 4.92 Å². The molecule has 0 aromatic heterocycles. The van der Waals surface area contributed by atoms with E-state index in [-0.39, 0.29) is 11.1 Å². The van der Waals surface area contributed by atoms with Gasteiger partial charge in [-0.3, -0.25) is 10.1 Å². The third kappa shape index (κ3) is 1.84. The van der Waals surface area contributed by atoms with Crippen molar-refractivity contribution in [2.24, 2.45) is 0 Å². The fourth-order valence-electron chi connectivity index (χ4n) is 1.53. The van der Waals surface area contributed by atoms with Crippen LogP contribution in [0.3, 0.4) is 0 Å². The van der Waals surface area contributed by atoms with Crippen LogP contribution < -0.4 is 5.73 Å². The first-order valence-corrected chi connectivity index (χ1v) is 4.37. The molecule has 0 fully saturated rings. The second-order valence-corrected chi connectivity index (χ2v) is 4.25. The number of hydrogen-bond acceptors (Lipinski definition) is 3. The van der Waals surface area contributed by atoms with Gasteiger partial charge >= 0.3 is 0 Å². The first-order valence-electron chi connectivity index (χ1n) is 4.37. The van der Waals surface area contributed by atoms with E-state index in [0.29, 0.717) is 11.3 Å².